The molecule has 6 nitrogen and oxygen atoms in total. The van der Waals surface area contributed by atoms with Crippen LogP contribution in [0.4, 0.5) is 5.69 Å². The highest BCUT2D eigenvalue weighted by molar-refractivity contribution is 6.30. The molecule has 1 aliphatic heterocycles. The van der Waals surface area contributed by atoms with E-state index in [-0.39, 0.29) is 6.10 Å². The summed E-state index contributed by atoms with van der Waals surface area (Å²) in [7, 11) is 0. The van der Waals surface area contributed by atoms with Gasteiger partial charge in [-0.2, -0.15) is 4.98 Å². The van der Waals surface area contributed by atoms with Gasteiger partial charge < -0.3 is 18.9 Å². The molecule has 7 heteroatoms. The van der Waals surface area contributed by atoms with Gasteiger partial charge in [0, 0.05) is 29.4 Å². The predicted molar refractivity (Wildman–Crippen MR) is 103 cm³/mol. The number of hydrogen-bond acceptors (Lipinski definition) is 6. The largest absolute Gasteiger partial charge is 0.481 e. The number of hydrogen-bond donors (Lipinski definition) is 0. The maximum Gasteiger partial charge on any atom is 0.267 e. The maximum absolute atomic E-state index is 5.99. The van der Waals surface area contributed by atoms with Crippen molar-refractivity contribution in [3.63, 3.8) is 0 Å². The zero-order chi connectivity index (χ0) is 18.6. The fraction of sp³-hybridized carbons (Fsp3) is 0.300. The fourth-order valence-electron chi connectivity index (χ4n) is 2.96. The SMILES string of the molecule is CC(Oc1cccc(Cl)c1)c1nc(-c2ccc(N3CCOCC3)cc2)no1. The summed E-state index contributed by atoms with van der Waals surface area (Å²) in [5.74, 6) is 1.62. The molecule has 2 aromatic carbocycles. The van der Waals surface area contributed by atoms with Crippen molar-refractivity contribution >= 4 is 17.3 Å². The Morgan fingerprint density at radius 3 is 2.63 bits per heavy atom. The number of nitrogens with zero attached hydrogens (tertiary/aromatic N) is 3. The summed E-state index contributed by atoms with van der Waals surface area (Å²) >= 11 is 5.99. The second-order valence-corrected chi connectivity index (χ2v) is 6.76. The van der Waals surface area contributed by atoms with E-state index >= 15 is 0 Å². The third-order valence-electron chi connectivity index (χ3n) is 4.40. The number of morpholine rings is 1. The zero-order valence-electron chi connectivity index (χ0n) is 15.0. The lowest BCUT2D eigenvalue weighted by Gasteiger charge is -2.28. The van der Waals surface area contributed by atoms with Crippen LogP contribution in [0.15, 0.2) is 53.1 Å². The number of ether oxygens (including phenoxy) is 2. The molecule has 1 aromatic heterocycles. The number of benzene rings is 2. The summed E-state index contributed by atoms with van der Waals surface area (Å²) in [6, 6.07) is 15.4. The molecule has 4 rings (SSSR count). The van der Waals surface area contributed by atoms with E-state index in [9.17, 15) is 0 Å². The van der Waals surface area contributed by atoms with Gasteiger partial charge in [-0.3, -0.25) is 0 Å². The van der Waals surface area contributed by atoms with Gasteiger partial charge in [0.15, 0.2) is 6.10 Å². The first-order valence-electron chi connectivity index (χ1n) is 8.88. The molecular formula is C20H20ClN3O3. The molecule has 1 saturated heterocycles. The van der Waals surface area contributed by atoms with Gasteiger partial charge in [0.1, 0.15) is 5.75 Å². The molecule has 0 radical (unpaired) electrons. The first kappa shape index (κ1) is 17.8. The fourth-order valence-corrected chi connectivity index (χ4v) is 3.14. The number of aromatic nitrogens is 2. The smallest absolute Gasteiger partial charge is 0.267 e. The Bertz CT molecular complexity index is 891. The molecule has 1 aliphatic rings. The Labute approximate surface area is 162 Å². The van der Waals surface area contributed by atoms with E-state index in [1.54, 1.807) is 12.1 Å². The van der Waals surface area contributed by atoms with E-state index in [2.05, 4.69) is 27.2 Å². The standard InChI is InChI=1S/C20H20ClN3O3/c1-14(26-18-4-2-3-16(21)13-18)20-22-19(23-27-20)15-5-7-17(8-6-15)24-9-11-25-12-10-24/h2-8,13-14H,9-12H2,1H3. The van der Waals surface area contributed by atoms with Gasteiger partial charge in [-0.1, -0.05) is 22.8 Å². The van der Waals surface area contributed by atoms with E-state index in [0.29, 0.717) is 22.5 Å². The van der Waals surface area contributed by atoms with Crippen molar-refractivity contribution in [1.82, 2.24) is 10.1 Å². The molecule has 3 aromatic rings. The molecule has 140 valence electrons. The van der Waals surface area contributed by atoms with E-state index in [1.807, 2.05) is 31.2 Å². The van der Waals surface area contributed by atoms with Crippen LogP contribution in [-0.4, -0.2) is 36.4 Å². The van der Waals surface area contributed by atoms with Gasteiger partial charge in [0.2, 0.25) is 5.82 Å². The molecular weight excluding hydrogens is 366 g/mol. The minimum Gasteiger partial charge on any atom is -0.481 e. The topological polar surface area (TPSA) is 60.6 Å². The Morgan fingerprint density at radius 1 is 1.11 bits per heavy atom. The Morgan fingerprint density at radius 2 is 1.89 bits per heavy atom. The van der Waals surface area contributed by atoms with Crippen molar-refractivity contribution in [2.75, 3.05) is 31.2 Å². The highest BCUT2D eigenvalue weighted by Crippen LogP contribution is 2.26. The normalized spacial score (nSPS) is 15.6. The third-order valence-corrected chi connectivity index (χ3v) is 4.64. The molecule has 1 unspecified atom stereocenters. The van der Waals surface area contributed by atoms with Crippen LogP contribution in [0.1, 0.15) is 18.9 Å². The average molecular weight is 386 g/mol. The van der Waals surface area contributed by atoms with Crippen molar-refractivity contribution in [2.45, 2.75) is 13.0 Å². The number of halogens is 1. The van der Waals surface area contributed by atoms with Gasteiger partial charge in [0.25, 0.3) is 5.89 Å². The van der Waals surface area contributed by atoms with E-state index in [0.717, 1.165) is 31.9 Å². The summed E-state index contributed by atoms with van der Waals surface area (Å²) in [5.41, 5.74) is 2.07. The van der Waals surface area contributed by atoms with Crippen LogP contribution in [0.2, 0.25) is 5.02 Å². The predicted octanol–water partition coefficient (Wildman–Crippen LogP) is 4.37. The van der Waals surface area contributed by atoms with Gasteiger partial charge in [0.05, 0.1) is 13.2 Å². The highest BCUT2D eigenvalue weighted by Gasteiger charge is 2.18. The molecule has 1 atom stereocenters. The quantitative estimate of drug-likeness (QED) is 0.650. The Balaban J connectivity index is 1.45. The van der Waals surface area contributed by atoms with Gasteiger partial charge in [-0.15, -0.1) is 0 Å². The third kappa shape index (κ3) is 4.23. The summed E-state index contributed by atoms with van der Waals surface area (Å²) < 4.78 is 16.6. The van der Waals surface area contributed by atoms with Crippen molar-refractivity contribution < 1.29 is 14.0 Å². The molecule has 2 heterocycles. The Hall–Kier alpha value is -2.57. The molecule has 0 N–H and O–H groups in total. The molecule has 0 saturated carbocycles. The van der Waals surface area contributed by atoms with Crippen LogP contribution in [0.3, 0.4) is 0 Å². The monoisotopic (exact) mass is 385 g/mol. The molecule has 0 aliphatic carbocycles. The minimum atomic E-state index is -0.377. The molecule has 0 amide bonds. The lowest BCUT2D eigenvalue weighted by Crippen LogP contribution is -2.36. The minimum absolute atomic E-state index is 0.377. The first-order chi connectivity index (χ1) is 13.2. The maximum atomic E-state index is 5.99. The van der Waals surface area contributed by atoms with Gasteiger partial charge in [-0.05, 0) is 49.4 Å². The van der Waals surface area contributed by atoms with Crippen molar-refractivity contribution in [3.8, 4) is 17.1 Å². The van der Waals surface area contributed by atoms with Crippen LogP contribution >= 0.6 is 11.6 Å². The van der Waals surface area contributed by atoms with Crippen LogP contribution in [-0.2, 0) is 4.74 Å². The summed E-state index contributed by atoms with van der Waals surface area (Å²) in [5, 5.41) is 4.70. The zero-order valence-corrected chi connectivity index (χ0v) is 15.7. The van der Waals surface area contributed by atoms with Crippen molar-refractivity contribution in [1.29, 1.82) is 0 Å². The summed E-state index contributed by atoms with van der Waals surface area (Å²) in [4.78, 5) is 6.77. The van der Waals surface area contributed by atoms with Crippen LogP contribution in [0, 0.1) is 0 Å². The molecule has 27 heavy (non-hydrogen) atoms. The van der Waals surface area contributed by atoms with Gasteiger partial charge >= 0.3 is 0 Å². The average Bonchev–Trinajstić information content (AvgIpc) is 3.19. The van der Waals surface area contributed by atoms with E-state index in [4.69, 9.17) is 25.6 Å². The summed E-state index contributed by atoms with van der Waals surface area (Å²) in [6.07, 6.45) is -0.377. The molecule has 0 bridgehead atoms. The Kier molecular flexibility index (Phi) is 5.27. The van der Waals surface area contributed by atoms with Crippen LogP contribution in [0.5, 0.6) is 5.75 Å². The van der Waals surface area contributed by atoms with E-state index in [1.165, 1.54) is 5.69 Å². The lowest BCUT2D eigenvalue weighted by atomic mass is 10.2. The highest BCUT2D eigenvalue weighted by atomic mass is 35.5. The lowest BCUT2D eigenvalue weighted by molar-refractivity contribution is 0.122. The van der Waals surface area contributed by atoms with Gasteiger partial charge in [-0.25, -0.2) is 0 Å². The second kappa shape index (κ2) is 7.98. The van der Waals surface area contributed by atoms with Crippen molar-refractivity contribution in [3.05, 3.63) is 59.4 Å². The first-order valence-corrected chi connectivity index (χ1v) is 9.26. The number of anilines is 1. The number of rotatable bonds is 5. The molecule has 1 fully saturated rings. The molecule has 0 spiro atoms. The summed E-state index contributed by atoms with van der Waals surface area (Å²) in [6.45, 7) is 5.20. The van der Waals surface area contributed by atoms with Crippen molar-refractivity contribution in [2.24, 2.45) is 0 Å². The van der Waals surface area contributed by atoms with E-state index < -0.39 is 0 Å². The van der Waals surface area contributed by atoms with Crippen LogP contribution < -0.4 is 9.64 Å². The van der Waals surface area contributed by atoms with Crippen LogP contribution in [0.25, 0.3) is 11.4 Å². The second-order valence-electron chi connectivity index (χ2n) is 6.32.